The SMILES string of the molecule is Cc1nc(N(C)CC(C)N)cc(N2CCOCC2)n1. The van der Waals surface area contributed by atoms with Gasteiger partial charge in [0.05, 0.1) is 13.2 Å². The highest BCUT2D eigenvalue weighted by atomic mass is 16.5. The van der Waals surface area contributed by atoms with E-state index < -0.39 is 0 Å². The summed E-state index contributed by atoms with van der Waals surface area (Å²) in [5, 5.41) is 0. The number of ether oxygens (including phenoxy) is 1. The number of anilines is 2. The Morgan fingerprint density at radius 1 is 1.42 bits per heavy atom. The summed E-state index contributed by atoms with van der Waals surface area (Å²) < 4.78 is 5.37. The van der Waals surface area contributed by atoms with Crippen LogP contribution in [0.25, 0.3) is 0 Å². The van der Waals surface area contributed by atoms with E-state index in [2.05, 4.69) is 19.8 Å². The predicted octanol–water partition coefficient (Wildman–Crippen LogP) is 0.405. The molecule has 0 spiro atoms. The number of rotatable bonds is 4. The van der Waals surface area contributed by atoms with Crippen LogP contribution in [0.4, 0.5) is 11.6 Å². The number of hydrogen-bond donors (Lipinski definition) is 1. The standard InChI is InChI=1S/C13H23N5O/c1-10(14)9-17(3)12-8-13(16-11(2)15-12)18-4-6-19-7-5-18/h8,10H,4-7,9,14H2,1-3H3. The summed E-state index contributed by atoms with van der Waals surface area (Å²) in [7, 11) is 2.01. The molecule has 0 radical (unpaired) electrons. The van der Waals surface area contributed by atoms with Crippen molar-refractivity contribution in [3.8, 4) is 0 Å². The van der Waals surface area contributed by atoms with Gasteiger partial charge in [-0.05, 0) is 13.8 Å². The Morgan fingerprint density at radius 3 is 2.74 bits per heavy atom. The first-order valence-corrected chi connectivity index (χ1v) is 6.71. The second-order valence-electron chi connectivity index (χ2n) is 5.09. The molecule has 1 fully saturated rings. The molecule has 2 N–H and O–H groups in total. The summed E-state index contributed by atoms with van der Waals surface area (Å²) in [4.78, 5) is 13.3. The molecule has 1 saturated heterocycles. The van der Waals surface area contributed by atoms with Gasteiger partial charge >= 0.3 is 0 Å². The molecule has 1 aliphatic rings. The van der Waals surface area contributed by atoms with Crippen LogP contribution in [-0.4, -0.2) is 55.9 Å². The normalized spacial score (nSPS) is 17.4. The highest BCUT2D eigenvalue weighted by Crippen LogP contribution is 2.19. The molecule has 6 nitrogen and oxygen atoms in total. The van der Waals surface area contributed by atoms with E-state index >= 15 is 0 Å². The second kappa shape index (κ2) is 6.16. The van der Waals surface area contributed by atoms with Crippen LogP contribution in [0.1, 0.15) is 12.7 Å². The Morgan fingerprint density at radius 2 is 2.11 bits per heavy atom. The molecule has 1 atom stereocenters. The number of aromatic nitrogens is 2. The number of morpholine rings is 1. The summed E-state index contributed by atoms with van der Waals surface area (Å²) in [6.45, 7) is 7.97. The first-order valence-electron chi connectivity index (χ1n) is 6.71. The zero-order valence-electron chi connectivity index (χ0n) is 12.0. The number of nitrogens with zero attached hydrogens (tertiary/aromatic N) is 4. The van der Waals surface area contributed by atoms with Crippen molar-refractivity contribution in [2.24, 2.45) is 5.73 Å². The average Bonchev–Trinajstić information content (AvgIpc) is 2.38. The monoisotopic (exact) mass is 265 g/mol. The van der Waals surface area contributed by atoms with Crippen LogP contribution < -0.4 is 15.5 Å². The van der Waals surface area contributed by atoms with Crippen molar-refractivity contribution < 1.29 is 4.74 Å². The van der Waals surface area contributed by atoms with Crippen LogP contribution >= 0.6 is 0 Å². The highest BCUT2D eigenvalue weighted by molar-refractivity contribution is 5.51. The summed E-state index contributed by atoms with van der Waals surface area (Å²) in [6.07, 6.45) is 0. The minimum atomic E-state index is 0.118. The zero-order valence-corrected chi connectivity index (χ0v) is 12.0. The third-order valence-corrected chi connectivity index (χ3v) is 3.10. The maximum Gasteiger partial charge on any atom is 0.134 e. The zero-order chi connectivity index (χ0) is 13.8. The van der Waals surface area contributed by atoms with Crippen molar-refractivity contribution in [2.75, 3.05) is 49.7 Å². The number of aryl methyl sites for hydroxylation is 1. The van der Waals surface area contributed by atoms with Crippen molar-refractivity contribution in [3.63, 3.8) is 0 Å². The van der Waals surface area contributed by atoms with Crippen molar-refractivity contribution in [3.05, 3.63) is 11.9 Å². The number of hydrogen-bond acceptors (Lipinski definition) is 6. The molecular formula is C13H23N5O. The smallest absolute Gasteiger partial charge is 0.134 e. The van der Waals surface area contributed by atoms with Gasteiger partial charge in [0.2, 0.25) is 0 Å². The van der Waals surface area contributed by atoms with Crippen LogP contribution in [0.2, 0.25) is 0 Å². The molecule has 1 aromatic heterocycles. The van der Waals surface area contributed by atoms with Crippen molar-refractivity contribution in [2.45, 2.75) is 19.9 Å². The van der Waals surface area contributed by atoms with Gasteiger partial charge in [0, 0.05) is 38.8 Å². The molecular weight excluding hydrogens is 242 g/mol. The van der Waals surface area contributed by atoms with Gasteiger partial charge in [-0.25, -0.2) is 9.97 Å². The second-order valence-corrected chi connectivity index (χ2v) is 5.09. The maximum atomic E-state index is 5.84. The van der Waals surface area contributed by atoms with E-state index in [1.54, 1.807) is 0 Å². The molecule has 0 aromatic carbocycles. The van der Waals surface area contributed by atoms with Gasteiger partial charge in [0.25, 0.3) is 0 Å². The summed E-state index contributed by atoms with van der Waals surface area (Å²) in [5.41, 5.74) is 5.84. The molecule has 0 bridgehead atoms. The quantitative estimate of drug-likeness (QED) is 0.850. The topological polar surface area (TPSA) is 67.5 Å². The van der Waals surface area contributed by atoms with Gasteiger partial charge in [-0.2, -0.15) is 0 Å². The third-order valence-electron chi connectivity index (χ3n) is 3.10. The summed E-state index contributed by atoms with van der Waals surface area (Å²) >= 11 is 0. The Labute approximate surface area is 114 Å². The first kappa shape index (κ1) is 14.0. The third kappa shape index (κ3) is 3.78. The van der Waals surface area contributed by atoms with Crippen LogP contribution in [-0.2, 0) is 4.74 Å². The summed E-state index contributed by atoms with van der Waals surface area (Å²) in [5.74, 6) is 2.68. The van der Waals surface area contributed by atoms with Crippen LogP contribution in [0.3, 0.4) is 0 Å². The lowest BCUT2D eigenvalue weighted by Gasteiger charge is -2.29. The van der Waals surface area contributed by atoms with Gasteiger partial charge in [0.1, 0.15) is 17.5 Å². The lowest BCUT2D eigenvalue weighted by atomic mass is 10.3. The molecule has 2 rings (SSSR count). The van der Waals surface area contributed by atoms with Crippen molar-refractivity contribution in [1.82, 2.24) is 9.97 Å². The Balaban J connectivity index is 2.18. The molecule has 6 heteroatoms. The van der Waals surface area contributed by atoms with Gasteiger partial charge in [-0.15, -0.1) is 0 Å². The fourth-order valence-corrected chi connectivity index (χ4v) is 2.21. The molecule has 0 saturated carbocycles. The molecule has 1 aromatic rings. The molecule has 1 aliphatic heterocycles. The molecule has 0 aliphatic carbocycles. The van der Waals surface area contributed by atoms with Crippen molar-refractivity contribution in [1.29, 1.82) is 0 Å². The molecule has 0 amide bonds. The molecule has 1 unspecified atom stereocenters. The minimum Gasteiger partial charge on any atom is -0.378 e. The van der Waals surface area contributed by atoms with Gasteiger partial charge < -0.3 is 20.3 Å². The van der Waals surface area contributed by atoms with E-state index in [9.17, 15) is 0 Å². The fourth-order valence-electron chi connectivity index (χ4n) is 2.21. The van der Waals surface area contributed by atoms with Gasteiger partial charge in [-0.1, -0.05) is 0 Å². The Hall–Kier alpha value is -1.40. The molecule has 106 valence electrons. The maximum absolute atomic E-state index is 5.84. The van der Waals surface area contributed by atoms with Crippen LogP contribution in [0.5, 0.6) is 0 Å². The van der Waals surface area contributed by atoms with Gasteiger partial charge in [0.15, 0.2) is 0 Å². The number of likely N-dealkylation sites (N-methyl/N-ethyl adjacent to an activating group) is 1. The molecule has 19 heavy (non-hydrogen) atoms. The van der Waals surface area contributed by atoms with Gasteiger partial charge in [-0.3, -0.25) is 0 Å². The van der Waals surface area contributed by atoms with E-state index in [1.807, 2.05) is 27.0 Å². The minimum absolute atomic E-state index is 0.118. The van der Waals surface area contributed by atoms with Crippen LogP contribution in [0, 0.1) is 6.92 Å². The fraction of sp³-hybridized carbons (Fsp3) is 0.692. The van der Waals surface area contributed by atoms with E-state index in [4.69, 9.17) is 10.5 Å². The van der Waals surface area contributed by atoms with E-state index in [0.29, 0.717) is 0 Å². The van der Waals surface area contributed by atoms with Crippen molar-refractivity contribution >= 4 is 11.6 Å². The highest BCUT2D eigenvalue weighted by Gasteiger charge is 2.15. The Kier molecular flexibility index (Phi) is 4.55. The lowest BCUT2D eigenvalue weighted by Crippen LogP contribution is -2.37. The first-order chi connectivity index (χ1) is 9.06. The summed E-state index contributed by atoms with van der Waals surface area (Å²) in [6, 6.07) is 2.15. The predicted molar refractivity (Wildman–Crippen MR) is 76.7 cm³/mol. The largest absolute Gasteiger partial charge is 0.378 e. The van der Waals surface area contributed by atoms with Crippen LogP contribution in [0.15, 0.2) is 6.07 Å². The molecule has 2 heterocycles. The van der Waals surface area contributed by atoms with E-state index in [0.717, 1.165) is 50.3 Å². The lowest BCUT2D eigenvalue weighted by molar-refractivity contribution is 0.122. The van der Waals surface area contributed by atoms with E-state index in [1.165, 1.54) is 0 Å². The number of nitrogens with two attached hydrogens (primary N) is 1. The van der Waals surface area contributed by atoms with E-state index in [-0.39, 0.29) is 6.04 Å². The Bertz CT molecular complexity index is 417. The average molecular weight is 265 g/mol.